The van der Waals surface area contributed by atoms with Crippen LogP contribution in [0.4, 0.5) is 13.2 Å². The van der Waals surface area contributed by atoms with Crippen LogP contribution in [0.25, 0.3) is 0 Å². The molecule has 174 valence electrons. The van der Waals surface area contributed by atoms with Crippen LogP contribution < -0.4 is 10.1 Å². The fourth-order valence-electron chi connectivity index (χ4n) is 3.97. The fourth-order valence-corrected chi connectivity index (χ4v) is 4.69. The number of carbonyl (C=O) groups is 1. The minimum atomic E-state index is -4.72. The molecule has 0 bridgehead atoms. The maximum absolute atomic E-state index is 12.5. The van der Waals surface area contributed by atoms with E-state index >= 15 is 0 Å². The van der Waals surface area contributed by atoms with Crippen molar-refractivity contribution in [3.05, 3.63) is 58.7 Å². The third kappa shape index (κ3) is 6.80. The van der Waals surface area contributed by atoms with Gasteiger partial charge in [0.1, 0.15) is 5.75 Å². The summed E-state index contributed by atoms with van der Waals surface area (Å²) >= 11 is 0. The number of rotatable bonds is 11. The number of alkyl halides is 3. The predicted octanol–water partition coefficient (Wildman–Crippen LogP) is 4.23. The first-order valence-corrected chi connectivity index (χ1v) is 11.8. The maximum atomic E-state index is 12.5. The lowest BCUT2D eigenvalue weighted by molar-refractivity contribution is -0.274. The second kappa shape index (κ2) is 11.0. The number of thiol groups is 1. The van der Waals surface area contributed by atoms with E-state index in [0.29, 0.717) is 43.5 Å². The largest absolute Gasteiger partial charge is 0.573 e. The van der Waals surface area contributed by atoms with Crippen LogP contribution in [-0.4, -0.2) is 33.7 Å². The van der Waals surface area contributed by atoms with E-state index in [1.54, 1.807) is 12.1 Å². The quantitative estimate of drug-likeness (QED) is 0.293. The van der Waals surface area contributed by atoms with E-state index in [0.717, 1.165) is 36.8 Å². The van der Waals surface area contributed by atoms with Crippen LogP contribution in [0.5, 0.6) is 5.75 Å². The predicted molar refractivity (Wildman–Crippen MR) is 115 cm³/mol. The second-order valence-electron chi connectivity index (χ2n) is 7.78. The molecule has 0 spiro atoms. The molecule has 0 unspecified atom stereocenters. The number of hydrogen-bond donors (Lipinski definition) is 2. The molecule has 0 atom stereocenters. The molecule has 2 aromatic rings. The van der Waals surface area contributed by atoms with Crippen molar-refractivity contribution < 1.29 is 31.1 Å². The molecular weight excluding hydrogens is 443 g/mol. The highest BCUT2D eigenvalue weighted by molar-refractivity contribution is 7.72. The summed E-state index contributed by atoms with van der Waals surface area (Å²) in [5.74, 6) is -0.267. The van der Waals surface area contributed by atoms with Gasteiger partial charge in [-0.1, -0.05) is 18.2 Å². The number of Topliss-reactive ketones (excluding diaryl/α,β-unsaturated/α-hetero) is 1. The summed E-state index contributed by atoms with van der Waals surface area (Å²) in [6.07, 6.45) is -0.223. The van der Waals surface area contributed by atoms with Crippen LogP contribution in [-0.2, 0) is 30.0 Å². The molecule has 1 N–H and O–H groups in total. The summed E-state index contributed by atoms with van der Waals surface area (Å²) in [6.45, 7) is 1.11. The van der Waals surface area contributed by atoms with Gasteiger partial charge in [-0.05, 0) is 86.5 Å². The molecule has 0 fully saturated rings. The Bertz CT molecular complexity index is 1030. The highest BCUT2D eigenvalue weighted by Crippen LogP contribution is 2.29. The minimum absolute atomic E-state index is 0.0731. The number of ether oxygens (including phenoxy) is 1. The van der Waals surface area contributed by atoms with Gasteiger partial charge in [0.25, 0.3) is 0 Å². The third-order valence-corrected chi connectivity index (χ3v) is 6.28. The standard InChI is InChI=1S/C23H26F3NO4S/c24-23(25,26)31-21-10-2-1-6-16(21)11-13-27-12-4-3-9-20(28)18-14-17-7-5-8-19(17)22(15-18)32(29)30/h1-2,6,10,14-15,27,32H,3-5,7-9,11-13H2. The Labute approximate surface area is 186 Å². The Morgan fingerprint density at radius 1 is 1.06 bits per heavy atom. The number of para-hydroxylation sites is 1. The molecule has 5 nitrogen and oxygen atoms in total. The van der Waals surface area contributed by atoms with Gasteiger partial charge < -0.3 is 10.1 Å². The third-order valence-electron chi connectivity index (χ3n) is 5.49. The van der Waals surface area contributed by atoms with E-state index in [1.807, 2.05) is 6.07 Å². The van der Waals surface area contributed by atoms with E-state index in [1.165, 1.54) is 18.2 Å². The molecular formula is C23H26F3NO4S. The van der Waals surface area contributed by atoms with Gasteiger partial charge in [-0.15, -0.1) is 13.2 Å². The van der Waals surface area contributed by atoms with Crippen molar-refractivity contribution in [3.8, 4) is 5.75 Å². The summed E-state index contributed by atoms with van der Waals surface area (Å²) < 4.78 is 64.5. The summed E-state index contributed by atoms with van der Waals surface area (Å²) in [7, 11) is -2.73. The van der Waals surface area contributed by atoms with Crippen LogP contribution in [0.3, 0.4) is 0 Å². The maximum Gasteiger partial charge on any atom is 0.573 e. The molecule has 0 saturated heterocycles. The molecule has 32 heavy (non-hydrogen) atoms. The number of halogens is 3. The Hall–Kier alpha value is -2.39. The number of carbonyl (C=O) groups excluding carboxylic acids is 1. The lowest BCUT2D eigenvalue weighted by Gasteiger charge is -2.13. The van der Waals surface area contributed by atoms with Gasteiger partial charge >= 0.3 is 6.36 Å². The fraction of sp³-hybridized carbons (Fsp3) is 0.435. The zero-order valence-electron chi connectivity index (χ0n) is 17.5. The molecule has 1 aliphatic carbocycles. The normalized spacial score (nSPS) is 13.4. The zero-order chi connectivity index (χ0) is 23.1. The van der Waals surface area contributed by atoms with Crippen molar-refractivity contribution in [2.45, 2.75) is 56.2 Å². The molecule has 0 heterocycles. The van der Waals surface area contributed by atoms with Crippen LogP contribution in [0, 0.1) is 0 Å². The van der Waals surface area contributed by atoms with Crippen LogP contribution in [0.2, 0.25) is 0 Å². The molecule has 0 aliphatic heterocycles. The van der Waals surface area contributed by atoms with Crippen LogP contribution in [0.15, 0.2) is 41.3 Å². The summed E-state index contributed by atoms with van der Waals surface area (Å²) in [5, 5.41) is 3.17. The van der Waals surface area contributed by atoms with Crippen molar-refractivity contribution in [1.29, 1.82) is 0 Å². The number of nitrogens with one attached hydrogen (secondary N) is 1. The lowest BCUT2D eigenvalue weighted by Crippen LogP contribution is -2.21. The minimum Gasteiger partial charge on any atom is -0.406 e. The van der Waals surface area contributed by atoms with Crippen LogP contribution in [0.1, 0.15) is 52.7 Å². The Morgan fingerprint density at radius 3 is 2.59 bits per heavy atom. The van der Waals surface area contributed by atoms with E-state index in [-0.39, 0.29) is 16.4 Å². The molecule has 3 rings (SSSR count). The zero-order valence-corrected chi connectivity index (χ0v) is 18.4. The number of fused-ring (bicyclic) bond motifs is 1. The molecule has 0 saturated carbocycles. The van der Waals surface area contributed by atoms with Gasteiger partial charge in [0.2, 0.25) is 0 Å². The lowest BCUT2D eigenvalue weighted by atomic mass is 10.0. The molecule has 9 heteroatoms. The summed E-state index contributed by atoms with van der Waals surface area (Å²) in [6, 6.07) is 9.37. The number of unbranched alkanes of at least 4 members (excludes halogenated alkanes) is 1. The van der Waals surface area contributed by atoms with Crippen molar-refractivity contribution in [2.24, 2.45) is 0 Å². The van der Waals surface area contributed by atoms with Gasteiger partial charge in [-0.25, -0.2) is 8.42 Å². The van der Waals surface area contributed by atoms with Crippen LogP contribution >= 0.6 is 0 Å². The topological polar surface area (TPSA) is 72.5 Å². The average Bonchev–Trinajstić information content (AvgIpc) is 3.20. The summed E-state index contributed by atoms with van der Waals surface area (Å²) in [4.78, 5) is 12.8. The SMILES string of the molecule is O=C(CCCCNCCc1ccccc1OC(F)(F)F)c1cc2c(c([SH](=O)=O)c1)CCC2. The van der Waals surface area contributed by atoms with Gasteiger partial charge in [-0.3, -0.25) is 4.79 Å². The van der Waals surface area contributed by atoms with E-state index in [9.17, 15) is 26.4 Å². The number of hydrogen-bond acceptors (Lipinski definition) is 5. The number of aryl methyl sites for hydroxylation is 1. The van der Waals surface area contributed by atoms with Crippen molar-refractivity contribution in [2.75, 3.05) is 13.1 Å². The highest BCUT2D eigenvalue weighted by atomic mass is 32.2. The van der Waals surface area contributed by atoms with Crippen molar-refractivity contribution in [1.82, 2.24) is 5.32 Å². The first kappa shape index (κ1) is 24.3. The van der Waals surface area contributed by atoms with E-state index in [2.05, 4.69) is 10.1 Å². The second-order valence-corrected chi connectivity index (χ2v) is 8.78. The molecule has 2 aromatic carbocycles. The number of ketones is 1. The molecule has 0 aromatic heterocycles. The Kier molecular flexibility index (Phi) is 8.31. The van der Waals surface area contributed by atoms with Gasteiger partial charge in [0.05, 0.1) is 4.90 Å². The van der Waals surface area contributed by atoms with E-state index < -0.39 is 17.1 Å². The van der Waals surface area contributed by atoms with Crippen molar-refractivity contribution >= 4 is 16.5 Å². The van der Waals surface area contributed by atoms with E-state index in [4.69, 9.17) is 0 Å². The first-order valence-electron chi connectivity index (χ1n) is 10.6. The van der Waals surface area contributed by atoms with Crippen molar-refractivity contribution in [3.63, 3.8) is 0 Å². The Morgan fingerprint density at radius 2 is 1.84 bits per heavy atom. The molecule has 0 amide bonds. The Balaban J connectivity index is 1.41. The van der Waals surface area contributed by atoms with Gasteiger partial charge in [0, 0.05) is 12.0 Å². The molecule has 0 radical (unpaired) electrons. The smallest absolute Gasteiger partial charge is 0.406 e. The monoisotopic (exact) mass is 469 g/mol. The van der Waals surface area contributed by atoms with Gasteiger partial charge in [0.15, 0.2) is 16.5 Å². The highest BCUT2D eigenvalue weighted by Gasteiger charge is 2.31. The number of benzene rings is 2. The summed E-state index contributed by atoms with van der Waals surface area (Å²) in [5.41, 5.74) is 2.73. The van der Waals surface area contributed by atoms with Gasteiger partial charge in [-0.2, -0.15) is 0 Å². The molecule has 1 aliphatic rings. The average molecular weight is 470 g/mol. The first-order chi connectivity index (χ1) is 15.2.